The molecular weight excluding hydrogens is 855 g/mol. The van der Waals surface area contributed by atoms with Gasteiger partial charge in [-0.15, -0.1) is 0 Å². The zero-order valence-electron chi connectivity index (χ0n) is 37.3. The third kappa shape index (κ3) is 13.9. The molecule has 2 aliphatic heterocycles. The summed E-state index contributed by atoms with van der Waals surface area (Å²) in [6.07, 6.45) is 0.0738. The number of para-hydroxylation sites is 1. The quantitative estimate of drug-likeness (QED) is 0.141. The molecular formula is C52H55N5O10. The van der Waals surface area contributed by atoms with E-state index in [2.05, 4.69) is 31.9 Å². The van der Waals surface area contributed by atoms with Gasteiger partial charge in [-0.25, -0.2) is 14.6 Å². The number of nitrogens with zero attached hydrogens (tertiary/aromatic N) is 4. The van der Waals surface area contributed by atoms with Crippen molar-refractivity contribution in [2.45, 2.75) is 25.6 Å². The van der Waals surface area contributed by atoms with E-state index in [0.29, 0.717) is 103 Å². The Morgan fingerprint density at radius 1 is 0.642 bits per heavy atom. The van der Waals surface area contributed by atoms with E-state index in [1.54, 1.807) is 47.4 Å². The van der Waals surface area contributed by atoms with Crippen LogP contribution in [-0.2, 0) is 36.8 Å². The van der Waals surface area contributed by atoms with Gasteiger partial charge in [0, 0.05) is 62.4 Å². The van der Waals surface area contributed by atoms with Gasteiger partial charge in [0.05, 0.1) is 82.4 Å². The number of carbonyl (C=O) groups excluding carboxylic acids is 2. The molecule has 0 spiro atoms. The van der Waals surface area contributed by atoms with Gasteiger partial charge in [-0.05, 0) is 71.3 Å². The van der Waals surface area contributed by atoms with E-state index in [1.807, 2.05) is 66.7 Å². The second-order valence-electron chi connectivity index (χ2n) is 16.0. The summed E-state index contributed by atoms with van der Waals surface area (Å²) in [5.41, 5.74) is 5.99. The van der Waals surface area contributed by atoms with E-state index in [9.17, 15) is 29.4 Å². The number of nitrogens with one attached hydrogen (secondary N) is 1. The molecule has 2 aliphatic rings. The highest BCUT2D eigenvalue weighted by molar-refractivity contribution is 5.97. The van der Waals surface area contributed by atoms with Crippen molar-refractivity contribution in [2.24, 2.45) is 0 Å². The molecule has 0 aliphatic carbocycles. The van der Waals surface area contributed by atoms with Crippen molar-refractivity contribution >= 4 is 29.4 Å². The van der Waals surface area contributed by atoms with E-state index in [0.717, 1.165) is 33.5 Å². The minimum absolute atomic E-state index is 0.0738. The first-order chi connectivity index (χ1) is 32.7. The third-order valence-corrected chi connectivity index (χ3v) is 11.4. The maximum absolute atomic E-state index is 13.8. The van der Waals surface area contributed by atoms with E-state index in [4.69, 9.17) is 18.9 Å². The van der Waals surface area contributed by atoms with Crippen molar-refractivity contribution in [3.8, 4) is 11.8 Å². The van der Waals surface area contributed by atoms with Crippen molar-refractivity contribution in [3.63, 3.8) is 0 Å². The number of pyridine rings is 1. The summed E-state index contributed by atoms with van der Waals surface area (Å²) < 4.78 is 23.9. The Morgan fingerprint density at radius 2 is 1.27 bits per heavy atom. The number of benzene rings is 4. The Labute approximate surface area is 390 Å². The SMILES string of the molecule is O=C(O)c1cccc(CN2CCOCCOCCN(C(c3ccc(C(=O)NCCC(=O)N4Cc5ccccc5C#Cc5ccccc54)cc3)c3cccc(C(=O)O)n3)CCOCCOCC2)c1. The van der Waals surface area contributed by atoms with Gasteiger partial charge in [0.15, 0.2) is 0 Å². The van der Waals surface area contributed by atoms with Crippen LogP contribution in [0.2, 0.25) is 0 Å². The maximum atomic E-state index is 13.8. The van der Waals surface area contributed by atoms with E-state index >= 15 is 0 Å². The third-order valence-electron chi connectivity index (χ3n) is 11.4. The molecule has 0 bridgehead atoms. The van der Waals surface area contributed by atoms with E-state index < -0.39 is 18.0 Å². The summed E-state index contributed by atoms with van der Waals surface area (Å²) >= 11 is 0. The average Bonchev–Trinajstić information content (AvgIpc) is 3.33. The molecule has 15 nitrogen and oxygen atoms in total. The number of aromatic carboxylic acids is 2. The lowest BCUT2D eigenvalue weighted by Crippen LogP contribution is -2.37. The van der Waals surface area contributed by atoms with Gasteiger partial charge in [-0.2, -0.15) is 0 Å². The fraction of sp³-hybridized carbons (Fsp3) is 0.327. The summed E-state index contributed by atoms with van der Waals surface area (Å²) in [7, 11) is 0. The van der Waals surface area contributed by atoms with Gasteiger partial charge >= 0.3 is 11.9 Å². The van der Waals surface area contributed by atoms with Crippen LogP contribution in [0.25, 0.3) is 0 Å². The van der Waals surface area contributed by atoms with Crippen LogP contribution < -0.4 is 10.2 Å². The molecule has 0 radical (unpaired) electrons. The summed E-state index contributed by atoms with van der Waals surface area (Å²) in [5, 5.41) is 22.2. The van der Waals surface area contributed by atoms with Crippen LogP contribution in [0.15, 0.2) is 115 Å². The zero-order chi connectivity index (χ0) is 46.8. The van der Waals surface area contributed by atoms with Crippen LogP contribution in [0.1, 0.15) is 77.2 Å². The van der Waals surface area contributed by atoms with Crippen molar-refractivity contribution in [1.29, 1.82) is 0 Å². The fourth-order valence-electron chi connectivity index (χ4n) is 7.93. The van der Waals surface area contributed by atoms with Gasteiger partial charge in [-0.3, -0.25) is 19.4 Å². The number of fused-ring (bicyclic) bond motifs is 2. The lowest BCUT2D eigenvalue weighted by molar-refractivity contribution is -0.118. The predicted octanol–water partition coefficient (Wildman–Crippen LogP) is 5.52. The molecule has 2 amide bonds. The number of carboxylic acid groups (broad SMARTS) is 2. The number of anilines is 1. The van der Waals surface area contributed by atoms with Crippen molar-refractivity contribution in [2.75, 3.05) is 90.5 Å². The van der Waals surface area contributed by atoms with Crippen LogP contribution in [0, 0.1) is 11.8 Å². The molecule has 1 atom stereocenters. The maximum Gasteiger partial charge on any atom is 0.354 e. The lowest BCUT2D eigenvalue weighted by Gasteiger charge is -2.32. The number of carboxylic acids is 2. The van der Waals surface area contributed by atoms with Crippen LogP contribution in [-0.4, -0.2) is 134 Å². The van der Waals surface area contributed by atoms with E-state index in [1.165, 1.54) is 6.07 Å². The van der Waals surface area contributed by atoms with Crippen molar-refractivity contribution in [1.82, 2.24) is 20.1 Å². The Morgan fingerprint density at radius 3 is 1.96 bits per heavy atom. The number of rotatable bonds is 11. The zero-order valence-corrected chi connectivity index (χ0v) is 37.3. The number of amides is 2. The Hall–Kier alpha value is -6.77. The second kappa shape index (κ2) is 24.7. The molecule has 1 fully saturated rings. The van der Waals surface area contributed by atoms with Crippen LogP contribution in [0.4, 0.5) is 5.69 Å². The van der Waals surface area contributed by atoms with Gasteiger partial charge in [0.25, 0.3) is 5.91 Å². The molecule has 5 aromatic rings. The normalized spacial score (nSPS) is 16.3. The average molecular weight is 910 g/mol. The van der Waals surface area contributed by atoms with Crippen LogP contribution in [0.5, 0.6) is 0 Å². The van der Waals surface area contributed by atoms with Gasteiger partial charge in [0.2, 0.25) is 5.91 Å². The molecule has 3 heterocycles. The molecule has 4 aromatic carbocycles. The standard InChI is InChI=1S/C52H55N5O10/c58-48(57-37-44-10-2-1-8-39(44)15-16-40-9-3-4-14-47(40)57)21-22-53-50(59)42-19-17-41(18-20-42)49(45-12-6-13-46(54-45)52(62)63)56-25-29-66-33-31-64-27-23-55(24-28-65-32-34-67-30-26-56)36-38-7-5-11-43(35-38)51(60)61/h1-14,17-20,35,49H,21-34,36-37H2,(H,53,59)(H,60,61)(H,62,63). The predicted molar refractivity (Wildman–Crippen MR) is 250 cm³/mol. The van der Waals surface area contributed by atoms with Crippen LogP contribution >= 0.6 is 0 Å². The first-order valence-corrected chi connectivity index (χ1v) is 22.4. The Kier molecular flexibility index (Phi) is 17.7. The minimum atomic E-state index is -1.15. The highest BCUT2D eigenvalue weighted by atomic mass is 16.5. The summed E-state index contributed by atoms with van der Waals surface area (Å²) in [5.74, 6) is 3.84. The largest absolute Gasteiger partial charge is 0.478 e. The molecule has 1 aromatic heterocycles. The van der Waals surface area contributed by atoms with Crippen molar-refractivity contribution < 1.29 is 48.3 Å². The van der Waals surface area contributed by atoms with E-state index in [-0.39, 0.29) is 36.0 Å². The molecule has 7 rings (SSSR count). The van der Waals surface area contributed by atoms with Crippen molar-refractivity contribution in [3.05, 3.63) is 166 Å². The second-order valence-corrected chi connectivity index (χ2v) is 16.0. The van der Waals surface area contributed by atoms with Crippen LogP contribution in [0.3, 0.4) is 0 Å². The highest BCUT2D eigenvalue weighted by Crippen LogP contribution is 2.29. The number of hydrogen-bond acceptors (Lipinski definition) is 11. The molecule has 1 unspecified atom stereocenters. The first kappa shape index (κ1) is 48.2. The van der Waals surface area contributed by atoms with Gasteiger partial charge < -0.3 is 39.4 Å². The van der Waals surface area contributed by atoms with Gasteiger partial charge in [0.1, 0.15) is 5.69 Å². The topological polar surface area (TPSA) is 180 Å². The molecule has 67 heavy (non-hydrogen) atoms. The summed E-state index contributed by atoms with van der Waals surface area (Å²) in [4.78, 5) is 61.4. The van der Waals surface area contributed by atoms with Gasteiger partial charge in [-0.1, -0.05) is 72.5 Å². The number of hydrogen-bond donors (Lipinski definition) is 3. The number of ether oxygens (including phenoxy) is 4. The molecule has 15 heteroatoms. The fourth-order valence-corrected chi connectivity index (χ4v) is 7.93. The monoisotopic (exact) mass is 909 g/mol. The lowest BCUT2D eigenvalue weighted by atomic mass is 9.99. The Bertz CT molecular complexity index is 2520. The summed E-state index contributed by atoms with van der Waals surface area (Å²) in [6, 6.07) is 33.7. The number of aromatic nitrogens is 1. The minimum Gasteiger partial charge on any atom is -0.478 e. The summed E-state index contributed by atoms with van der Waals surface area (Å²) in [6.45, 7) is 6.05. The highest BCUT2D eigenvalue weighted by Gasteiger charge is 2.26. The Balaban J connectivity index is 0.988. The smallest absolute Gasteiger partial charge is 0.354 e. The molecule has 0 saturated carbocycles. The molecule has 3 N–H and O–H groups in total. The molecule has 1 saturated heterocycles. The number of carbonyl (C=O) groups is 4. The molecule has 348 valence electrons. The first-order valence-electron chi connectivity index (χ1n) is 22.4.